The van der Waals surface area contributed by atoms with Crippen LogP contribution in [0, 0.1) is 13.8 Å². The minimum Gasteiger partial charge on any atom is -0.380 e. The van der Waals surface area contributed by atoms with Crippen LogP contribution in [-0.4, -0.2) is 51.0 Å². The molecule has 0 aliphatic heterocycles. The summed E-state index contributed by atoms with van der Waals surface area (Å²) in [7, 11) is 0. The summed E-state index contributed by atoms with van der Waals surface area (Å²) in [6.07, 6.45) is 0. The Bertz CT molecular complexity index is 386. The maximum atomic E-state index is 6.07. The van der Waals surface area contributed by atoms with Crippen LogP contribution in [0.15, 0.2) is 6.07 Å². The first-order valence-electron chi connectivity index (χ1n) is 7.80. The molecule has 21 heavy (non-hydrogen) atoms. The van der Waals surface area contributed by atoms with Gasteiger partial charge in [0, 0.05) is 48.6 Å². The van der Waals surface area contributed by atoms with Gasteiger partial charge in [-0.15, -0.1) is 11.3 Å². The van der Waals surface area contributed by atoms with E-state index in [9.17, 15) is 0 Å². The predicted octanol–water partition coefficient (Wildman–Crippen LogP) is 2.74. The molecule has 2 N–H and O–H groups in total. The third kappa shape index (κ3) is 6.04. The first-order valence-corrected chi connectivity index (χ1v) is 8.62. The quantitative estimate of drug-likeness (QED) is 0.638. The number of nitrogens with zero attached hydrogens (tertiary/aromatic N) is 1. The molecular formula is C16H30N2O2S. The largest absolute Gasteiger partial charge is 0.380 e. The molecule has 0 aliphatic rings. The lowest BCUT2D eigenvalue weighted by molar-refractivity contribution is 0.0640. The summed E-state index contributed by atoms with van der Waals surface area (Å²) in [6.45, 7) is 13.8. The van der Waals surface area contributed by atoms with Crippen molar-refractivity contribution < 1.29 is 9.47 Å². The molecular weight excluding hydrogens is 284 g/mol. The number of thiophene rings is 1. The summed E-state index contributed by atoms with van der Waals surface area (Å²) in [5, 5.41) is 0. The standard InChI is InChI=1S/C16H30N2O2S/c1-5-19-9-7-18(8-10-20-6-2)16(12-17)15-11-13(3)21-14(15)4/h11,16H,5-10,12,17H2,1-4H3. The Hall–Kier alpha value is -0.460. The zero-order valence-electron chi connectivity index (χ0n) is 13.9. The Balaban J connectivity index is 2.77. The van der Waals surface area contributed by atoms with Gasteiger partial charge in [-0.25, -0.2) is 0 Å². The molecule has 1 aromatic heterocycles. The van der Waals surface area contributed by atoms with Crippen LogP contribution in [-0.2, 0) is 9.47 Å². The third-order valence-electron chi connectivity index (χ3n) is 3.56. The summed E-state index contributed by atoms with van der Waals surface area (Å²) in [4.78, 5) is 5.09. The summed E-state index contributed by atoms with van der Waals surface area (Å²) < 4.78 is 11.0. The predicted molar refractivity (Wildman–Crippen MR) is 90.1 cm³/mol. The van der Waals surface area contributed by atoms with E-state index in [-0.39, 0.29) is 6.04 Å². The molecule has 0 aromatic carbocycles. The molecule has 1 rings (SSSR count). The Morgan fingerprint density at radius 1 is 1.14 bits per heavy atom. The van der Waals surface area contributed by atoms with Gasteiger partial charge < -0.3 is 15.2 Å². The van der Waals surface area contributed by atoms with Gasteiger partial charge in [-0.3, -0.25) is 4.90 Å². The Kier molecular flexibility index (Phi) is 9.11. The highest BCUT2D eigenvalue weighted by Crippen LogP contribution is 2.29. The maximum absolute atomic E-state index is 6.07. The molecule has 0 amide bonds. The number of aryl methyl sites for hydroxylation is 2. The Labute approximate surface area is 133 Å². The van der Waals surface area contributed by atoms with E-state index in [1.54, 1.807) is 0 Å². The first kappa shape index (κ1) is 18.6. The number of rotatable bonds is 11. The topological polar surface area (TPSA) is 47.7 Å². The van der Waals surface area contributed by atoms with Crippen LogP contribution < -0.4 is 5.73 Å². The van der Waals surface area contributed by atoms with Crippen LogP contribution >= 0.6 is 11.3 Å². The molecule has 122 valence electrons. The van der Waals surface area contributed by atoms with E-state index in [2.05, 4.69) is 24.8 Å². The molecule has 0 saturated carbocycles. The van der Waals surface area contributed by atoms with Gasteiger partial charge in [0.15, 0.2) is 0 Å². The molecule has 1 aromatic rings. The minimum absolute atomic E-state index is 0.246. The minimum atomic E-state index is 0.246. The zero-order chi connectivity index (χ0) is 15.7. The SMILES string of the molecule is CCOCCN(CCOCC)C(CN)c1cc(C)sc1C. The molecule has 5 heteroatoms. The van der Waals surface area contributed by atoms with Gasteiger partial charge in [0.2, 0.25) is 0 Å². The van der Waals surface area contributed by atoms with Crippen molar-refractivity contribution in [3.8, 4) is 0 Å². The van der Waals surface area contributed by atoms with Gasteiger partial charge in [-0.05, 0) is 39.3 Å². The van der Waals surface area contributed by atoms with Crippen molar-refractivity contribution in [3.05, 3.63) is 21.4 Å². The number of hydrogen-bond acceptors (Lipinski definition) is 5. The van der Waals surface area contributed by atoms with Crippen LogP contribution in [0.2, 0.25) is 0 Å². The van der Waals surface area contributed by atoms with Gasteiger partial charge in [0.05, 0.1) is 13.2 Å². The van der Waals surface area contributed by atoms with Crippen LogP contribution in [0.1, 0.15) is 35.2 Å². The highest BCUT2D eigenvalue weighted by atomic mass is 32.1. The van der Waals surface area contributed by atoms with Gasteiger partial charge in [-0.2, -0.15) is 0 Å². The molecule has 1 atom stereocenters. The average molecular weight is 314 g/mol. The van der Waals surface area contributed by atoms with Gasteiger partial charge in [0.25, 0.3) is 0 Å². The number of ether oxygens (including phenoxy) is 2. The highest BCUT2D eigenvalue weighted by Gasteiger charge is 2.21. The molecule has 1 unspecified atom stereocenters. The van der Waals surface area contributed by atoms with E-state index in [1.807, 2.05) is 25.2 Å². The van der Waals surface area contributed by atoms with Crippen molar-refractivity contribution in [1.82, 2.24) is 4.90 Å². The molecule has 0 aliphatic carbocycles. The Morgan fingerprint density at radius 3 is 2.10 bits per heavy atom. The van der Waals surface area contributed by atoms with Gasteiger partial charge >= 0.3 is 0 Å². The van der Waals surface area contributed by atoms with Crippen molar-refractivity contribution >= 4 is 11.3 Å². The fourth-order valence-corrected chi connectivity index (χ4v) is 3.51. The molecule has 0 fully saturated rings. The van der Waals surface area contributed by atoms with E-state index < -0.39 is 0 Å². The van der Waals surface area contributed by atoms with E-state index in [0.29, 0.717) is 6.54 Å². The monoisotopic (exact) mass is 314 g/mol. The molecule has 4 nitrogen and oxygen atoms in total. The Morgan fingerprint density at radius 2 is 1.71 bits per heavy atom. The van der Waals surface area contributed by atoms with Crippen molar-refractivity contribution in [2.24, 2.45) is 5.73 Å². The van der Waals surface area contributed by atoms with Gasteiger partial charge in [-0.1, -0.05) is 0 Å². The van der Waals surface area contributed by atoms with Crippen LogP contribution in [0.25, 0.3) is 0 Å². The van der Waals surface area contributed by atoms with Crippen LogP contribution in [0.5, 0.6) is 0 Å². The van der Waals surface area contributed by atoms with Crippen molar-refractivity contribution in [2.45, 2.75) is 33.7 Å². The number of nitrogens with two attached hydrogens (primary N) is 1. The summed E-state index contributed by atoms with van der Waals surface area (Å²) >= 11 is 1.84. The summed E-state index contributed by atoms with van der Waals surface area (Å²) in [5.41, 5.74) is 7.43. The highest BCUT2D eigenvalue weighted by molar-refractivity contribution is 7.12. The maximum Gasteiger partial charge on any atom is 0.0593 e. The van der Waals surface area contributed by atoms with E-state index in [4.69, 9.17) is 15.2 Å². The second kappa shape index (κ2) is 10.3. The van der Waals surface area contributed by atoms with Crippen molar-refractivity contribution in [3.63, 3.8) is 0 Å². The summed E-state index contributed by atoms with van der Waals surface area (Å²) in [6, 6.07) is 2.52. The van der Waals surface area contributed by atoms with Crippen molar-refractivity contribution in [1.29, 1.82) is 0 Å². The smallest absolute Gasteiger partial charge is 0.0593 e. The second-order valence-corrected chi connectivity index (χ2v) is 6.51. The van der Waals surface area contributed by atoms with E-state index in [1.165, 1.54) is 15.3 Å². The number of hydrogen-bond donors (Lipinski definition) is 1. The molecule has 0 radical (unpaired) electrons. The lowest BCUT2D eigenvalue weighted by Crippen LogP contribution is -2.38. The molecule has 0 saturated heterocycles. The third-order valence-corrected chi connectivity index (χ3v) is 4.54. The fraction of sp³-hybridized carbons (Fsp3) is 0.750. The summed E-state index contributed by atoms with van der Waals surface area (Å²) in [5.74, 6) is 0. The average Bonchev–Trinajstić information content (AvgIpc) is 2.78. The zero-order valence-corrected chi connectivity index (χ0v) is 14.7. The second-order valence-electron chi connectivity index (χ2n) is 5.05. The van der Waals surface area contributed by atoms with Crippen molar-refractivity contribution in [2.75, 3.05) is 46.1 Å². The fourth-order valence-electron chi connectivity index (χ4n) is 2.53. The normalized spacial score (nSPS) is 13.0. The first-order chi connectivity index (χ1) is 10.1. The van der Waals surface area contributed by atoms with Gasteiger partial charge in [0.1, 0.15) is 0 Å². The molecule has 1 heterocycles. The van der Waals surface area contributed by atoms with Crippen LogP contribution in [0.3, 0.4) is 0 Å². The molecule has 0 bridgehead atoms. The lowest BCUT2D eigenvalue weighted by atomic mass is 10.1. The van der Waals surface area contributed by atoms with E-state index >= 15 is 0 Å². The van der Waals surface area contributed by atoms with Crippen LogP contribution in [0.4, 0.5) is 0 Å². The van der Waals surface area contributed by atoms with E-state index in [0.717, 1.165) is 39.5 Å². The lowest BCUT2D eigenvalue weighted by Gasteiger charge is -2.31. The molecule has 0 spiro atoms.